The monoisotopic (exact) mass is 250 g/mol. The zero-order chi connectivity index (χ0) is 12.9. The molecule has 2 rings (SSSR count). The number of phenolic OH excluding ortho intramolecular Hbond substituents is 2. The Morgan fingerprint density at radius 3 is 1.88 bits per heavy atom. The molecule has 2 aromatic carbocycles. The van der Waals surface area contributed by atoms with Gasteiger partial charge in [-0.25, -0.2) is 17.6 Å². The number of phenols is 2. The van der Waals surface area contributed by atoms with Gasteiger partial charge in [-0.1, -0.05) is 0 Å². The fourth-order valence-electron chi connectivity index (χ4n) is 1.44. The summed E-state index contributed by atoms with van der Waals surface area (Å²) in [5.74, 6) is -12.3. The highest BCUT2D eigenvalue weighted by Gasteiger charge is 2.25. The Labute approximate surface area is 90.5 Å². The van der Waals surface area contributed by atoms with E-state index < -0.39 is 51.4 Å². The second-order valence-corrected chi connectivity index (χ2v) is 3.23. The number of benzene rings is 2. The highest BCUT2D eigenvalue weighted by Crippen LogP contribution is 2.39. The SMILES string of the molecule is Oc1c(F)c(O)c2cc(F)c(F)c(F)c2c1F. The Hall–Kier alpha value is -2.05. The lowest BCUT2D eigenvalue weighted by Crippen LogP contribution is -1.97. The maximum absolute atomic E-state index is 13.3. The van der Waals surface area contributed by atoms with Crippen molar-refractivity contribution in [1.29, 1.82) is 0 Å². The van der Waals surface area contributed by atoms with Gasteiger partial charge in [0.1, 0.15) is 0 Å². The minimum Gasteiger partial charge on any atom is -0.504 e. The maximum Gasteiger partial charge on any atom is 0.210 e. The van der Waals surface area contributed by atoms with Gasteiger partial charge in [-0.2, -0.15) is 4.39 Å². The molecule has 0 aromatic heterocycles. The van der Waals surface area contributed by atoms with Gasteiger partial charge in [0.05, 0.1) is 5.39 Å². The molecule has 0 radical (unpaired) electrons. The van der Waals surface area contributed by atoms with Gasteiger partial charge in [0.25, 0.3) is 0 Å². The average Bonchev–Trinajstić information content (AvgIpc) is 2.30. The third-order valence-electron chi connectivity index (χ3n) is 2.26. The van der Waals surface area contributed by atoms with Gasteiger partial charge in [-0.15, -0.1) is 0 Å². The molecule has 0 amide bonds. The first-order valence-electron chi connectivity index (χ1n) is 4.22. The zero-order valence-electron chi connectivity index (χ0n) is 7.86. The molecule has 7 heteroatoms. The molecule has 2 N–H and O–H groups in total. The van der Waals surface area contributed by atoms with Crippen molar-refractivity contribution < 1.29 is 32.2 Å². The van der Waals surface area contributed by atoms with Crippen molar-refractivity contribution >= 4 is 10.8 Å². The van der Waals surface area contributed by atoms with Crippen LogP contribution in [0.5, 0.6) is 11.5 Å². The van der Waals surface area contributed by atoms with Crippen LogP contribution in [-0.4, -0.2) is 10.2 Å². The summed E-state index contributed by atoms with van der Waals surface area (Å²) in [6.45, 7) is 0. The maximum atomic E-state index is 13.3. The molecule has 90 valence electrons. The lowest BCUT2D eigenvalue weighted by Gasteiger charge is -2.08. The quantitative estimate of drug-likeness (QED) is 0.557. The molecule has 0 unspecified atom stereocenters. The fraction of sp³-hybridized carbons (Fsp3) is 0. The first kappa shape index (κ1) is 11.4. The normalized spacial score (nSPS) is 11.1. The van der Waals surface area contributed by atoms with Crippen LogP contribution in [0, 0.1) is 29.1 Å². The van der Waals surface area contributed by atoms with E-state index in [2.05, 4.69) is 0 Å². The van der Waals surface area contributed by atoms with Crippen LogP contribution in [0.3, 0.4) is 0 Å². The summed E-state index contributed by atoms with van der Waals surface area (Å²) < 4.78 is 65.2. The lowest BCUT2D eigenvalue weighted by atomic mass is 10.1. The van der Waals surface area contributed by atoms with Gasteiger partial charge in [0.15, 0.2) is 34.8 Å². The Kier molecular flexibility index (Phi) is 2.34. The molecule has 0 fully saturated rings. The van der Waals surface area contributed by atoms with E-state index in [4.69, 9.17) is 10.2 Å². The molecule has 0 aliphatic rings. The molecule has 17 heavy (non-hydrogen) atoms. The largest absolute Gasteiger partial charge is 0.504 e. The molecule has 0 aliphatic carbocycles. The van der Waals surface area contributed by atoms with Crippen LogP contribution in [0.2, 0.25) is 0 Å². The van der Waals surface area contributed by atoms with Gasteiger partial charge >= 0.3 is 0 Å². The number of rotatable bonds is 0. The average molecular weight is 250 g/mol. The van der Waals surface area contributed by atoms with Crippen LogP contribution in [0.4, 0.5) is 22.0 Å². The van der Waals surface area contributed by atoms with Crippen LogP contribution < -0.4 is 0 Å². The summed E-state index contributed by atoms with van der Waals surface area (Å²) >= 11 is 0. The van der Waals surface area contributed by atoms with Gasteiger partial charge < -0.3 is 10.2 Å². The molecule has 2 aromatic rings. The Morgan fingerprint density at radius 2 is 1.29 bits per heavy atom. The smallest absolute Gasteiger partial charge is 0.210 e. The summed E-state index contributed by atoms with van der Waals surface area (Å²) in [6.07, 6.45) is 0. The molecule has 0 spiro atoms. The summed E-state index contributed by atoms with van der Waals surface area (Å²) in [4.78, 5) is 0. The van der Waals surface area contributed by atoms with Crippen LogP contribution >= 0.6 is 0 Å². The number of hydrogen-bond acceptors (Lipinski definition) is 2. The molecule has 0 heterocycles. The van der Waals surface area contributed by atoms with Crippen molar-refractivity contribution in [3.05, 3.63) is 35.2 Å². The number of halogens is 5. The van der Waals surface area contributed by atoms with Crippen molar-refractivity contribution in [3.8, 4) is 11.5 Å². The molecule has 0 saturated heterocycles. The van der Waals surface area contributed by atoms with Gasteiger partial charge in [-0.3, -0.25) is 0 Å². The molecule has 2 nitrogen and oxygen atoms in total. The Bertz CT molecular complexity index is 631. The van der Waals surface area contributed by atoms with Gasteiger partial charge in [-0.05, 0) is 6.07 Å². The summed E-state index contributed by atoms with van der Waals surface area (Å²) in [6, 6.07) is 0.231. The molecular formula is C10H3F5O2. The van der Waals surface area contributed by atoms with Crippen LogP contribution in [0.25, 0.3) is 10.8 Å². The number of aromatic hydroxyl groups is 2. The summed E-state index contributed by atoms with van der Waals surface area (Å²) in [7, 11) is 0. The van der Waals surface area contributed by atoms with Crippen LogP contribution in [-0.2, 0) is 0 Å². The fourth-order valence-corrected chi connectivity index (χ4v) is 1.44. The highest BCUT2D eigenvalue weighted by molar-refractivity contribution is 5.91. The van der Waals surface area contributed by atoms with Crippen molar-refractivity contribution in [3.63, 3.8) is 0 Å². The van der Waals surface area contributed by atoms with E-state index in [1.807, 2.05) is 0 Å². The number of fused-ring (bicyclic) bond motifs is 1. The molecule has 0 saturated carbocycles. The molecule has 0 atom stereocenters. The first-order valence-corrected chi connectivity index (χ1v) is 4.22. The van der Waals surface area contributed by atoms with E-state index in [1.165, 1.54) is 0 Å². The minimum atomic E-state index is -1.98. The zero-order valence-corrected chi connectivity index (χ0v) is 7.86. The second kappa shape index (κ2) is 3.47. The highest BCUT2D eigenvalue weighted by atomic mass is 19.2. The van der Waals surface area contributed by atoms with E-state index >= 15 is 0 Å². The van der Waals surface area contributed by atoms with E-state index in [1.54, 1.807) is 0 Å². The third-order valence-corrected chi connectivity index (χ3v) is 2.26. The summed E-state index contributed by atoms with van der Waals surface area (Å²) in [5.41, 5.74) is 0. The second-order valence-electron chi connectivity index (χ2n) is 3.23. The molecule has 0 aliphatic heterocycles. The van der Waals surface area contributed by atoms with Gasteiger partial charge in [0, 0.05) is 5.39 Å². The van der Waals surface area contributed by atoms with E-state index in [9.17, 15) is 22.0 Å². The third kappa shape index (κ3) is 1.38. The standard InChI is InChI=1S/C10H3F5O2/c11-3-1-2-4(6(13)5(3)12)7(14)10(17)8(15)9(2)16/h1,16-17H. The van der Waals surface area contributed by atoms with Crippen LogP contribution in [0.1, 0.15) is 0 Å². The van der Waals surface area contributed by atoms with Crippen LogP contribution in [0.15, 0.2) is 6.07 Å². The minimum absolute atomic E-state index is 0.231. The lowest BCUT2D eigenvalue weighted by molar-refractivity contribution is 0.370. The van der Waals surface area contributed by atoms with Crippen molar-refractivity contribution in [2.45, 2.75) is 0 Å². The first-order chi connectivity index (χ1) is 7.86. The number of hydrogen-bond donors (Lipinski definition) is 2. The van der Waals surface area contributed by atoms with E-state index in [-0.39, 0.29) is 6.07 Å². The Morgan fingerprint density at radius 1 is 0.706 bits per heavy atom. The van der Waals surface area contributed by atoms with Gasteiger partial charge in [0.2, 0.25) is 5.82 Å². The van der Waals surface area contributed by atoms with E-state index in [0.717, 1.165) is 0 Å². The molecule has 0 bridgehead atoms. The topological polar surface area (TPSA) is 40.5 Å². The van der Waals surface area contributed by atoms with Crippen molar-refractivity contribution in [2.75, 3.05) is 0 Å². The molecular weight excluding hydrogens is 247 g/mol. The van der Waals surface area contributed by atoms with E-state index in [0.29, 0.717) is 0 Å². The Balaban J connectivity index is 3.12. The van der Waals surface area contributed by atoms with Crippen molar-refractivity contribution in [1.82, 2.24) is 0 Å². The predicted octanol–water partition coefficient (Wildman–Crippen LogP) is 2.95. The summed E-state index contributed by atoms with van der Waals surface area (Å²) in [5, 5.41) is 15.9. The van der Waals surface area contributed by atoms with Crippen molar-refractivity contribution in [2.24, 2.45) is 0 Å². The predicted molar refractivity (Wildman–Crippen MR) is 47.1 cm³/mol.